The molecule has 1 amide bonds. The molecule has 1 fully saturated rings. The lowest BCUT2D eigenvalue weighted by Crippen LogP contribution is -2.50. The van der Waals surface area contributed by atoms with Gasteiger partial charge in [-0.1, -0.05) is 30.3 Å². The number of fused-ring (bicyclic) bond motifs is 1. The summed E-state index contributed by atoms with van der Waals surface area (Å²) in [5.41, 5.74) is 1.68. The number of nitrogens with zero attached hydrogens (tertiary/aromatic N) is 5. The van der Waals surface area contributed by atoms with E-state index < -0.39 is 10.0 Å². The van der Waals surface area contributed by atoms with Crippen LogP contribution in [0.3, 0.4) is 0 Å². The molecule has 1 aromatic heterocycles. The van der Waals surface area contributed by atoms with Crippen LogP contribution in [0.2, 0.25) is 0 Å². The minimum atomic E-state index is -3.67. The third-order valence-electron chi connectivity index (χ3n) is 5.60. The highest BCUT2D eigenvalue weighted by Crippen LogP contribution is 2.28. The highest BCUT2D eigenvalue weighted by Gasteiger charge is 2.34. The van der Waals surface area contributed by atoms with Gasteiger partial charge in [0.2, 0.25) is 0 Å². The molecule has 0 radical (unpaired) electrons. The Labute approximate surface area is 185 Å². The van der Waals surface area contributed by atoms with Crippen molar-refractivity contribution in [2.45, 2.75) is 4.90 Å². The highest BCUT2D eigenvalue weighted by molar-refractivity contribution is 7.90. The minimum Gasteiger partial charge on any atom is -0.493 e. The van der Waals surface area contributed by atoms with Crippen LogP contribution in [0.5, 0.6) is 5.75 Å². The zero-order valence-electron chi connectivity index (χ0n) is 17.4. The first-order valence-electron chi connectivity index (χ1n) is 10.2. The molecule has 0 spiro atoms. The van der Waals surface area contributed by atoms with Crippen molar-refractivity contribution in [1.29, 1.82) is 0 Å². The molecule has 3 aromatic rings. The third-order valence-corrected chi connectivity index (χ3v) is 6.93. The Balaban J connectivity index is 1.33. The number of amidine groups is 1. The predicted molar refractivity (Wildman–Crippen MR) is 118 cm³/mol. The maximum Gasteiger partial charge on any atom is 0.285 e. The van der Waals surface area contributed by atoms with Crippen LogP contribution in [0.25, 0.3) is 5.69 Å². The lowest BCUT2D eigenvalue weighted by Gasteiger charge is -2.35. The summed E-state index contributed by atoms with van der Waals surface area (Å²) in [5, 5.41) is 4.46. The van der Waals surface area contributed by atoms with Gasteiger partial charge >= 0.3 is 0 Å². The van der Waals surface area contributed by atoms with Crippen molar-refractivity contribution in [2.75, 3.05) is 33.3 Å². The topological polar surface area (TPSA) is 97.1 Å². The Morgan fingerprint density at radius 2 is 1.66 bits per heavy atom. The van der Waals surface area contributed by atoms with Crippen molar-refractivity contribution in [3.05, 3.63) is 72.1 Å². The number of methoxy groups -OCH3 is 1. The van der Waals surface area contributed by atoms with Gasteiger partial charge in [0, 0.05) is 31.7 Å². The molecule has 10 heteroatoms. The molecule has 9 nitrogen and oxygen atoms in total. The average Bonchev–Trinajstić information content (AvgIpc) is 3.38. The van der Waals surface area contributed by atoms with E-state index in [1.54, 1.807) is 40.0 Å². The number of sulfonamides is 1. The smallest absolute Gasteiger partial charge is 0.285 e. The molecule has 2 aliphatic rings. The molecule has 2 aliphatic heterocycles. The summed E-state index contributed by atoms with van der Waals surface area (Å²) in [6, 6.07) is 16.3. The quantitative estimate of drug-likeness (QED) is 0.602. The number of hydrogen-bond donors (Lipinski definition) is 0. The molecule has 0 aliphatic carbocycles. The van der Waals surface area contributed by atoms with Gasteiger partial charge in [-0.05, 0) is 24.3 Å². The highest BCUT2D eigenvalue weighted by atomic mass is 32.2. The van der Waals surface area contributed by atoms with Crippen molar-refractivity contribution in [2.24, 2.45) is 4.40 Å². The van der Waals surface area contributed by atoms with E-state index in [0.717, 1.165) is 5.69 Å². The van der Waals surface area contributed by atoms with Crippen LogP contribution in [0.15, 0.2) is 70.1 Å². The van der Waals surface area contributed by atoms with E-state index in [1.165, 1.54) is 7.11 Å². The van der Waals surface area contributed by atoms with Gasteiger partial charge in [-0.15, -0.1) is 4.40 Å². The first kappa shape index (κ1) is 20.3. The van der Waals surface area contributed by atoms with Crippen LogP contribution >= 0.6 is 0 Å². The van der Waals surface area contributed by atoms with Crippen molar-refractivity contribution < 1.29 is 17.9 Å². The lowest BCUT2D eigenvalue weighted by molar-refractivity contribution is 0.0682. The summed E-state index contributed by atoms with van der Waals surface area (Å²) < 4.78 is 35.7. The van der Waals surface area contributed by atoms with Crippen molar-refractivity contribution in [3.8, 4) is 11.4 Å². The molecule has 2 aromatic carbocycles. The molecule has 0 saturated carbocycles. The Bertz CT molecular complexity index is 1310. The number of carbonyl (C=O) groups is 1. The Hall–Kier alpha value is -3.66. The first-order chi connectivity index (χ1) is 15.5. The number of aromatic nitrogens is 2. The fourth-order valence-corrected chi connectivity index (χ4v) is 5.18. The Kier molecular flexibility index (Phi) is 4.93. The van der Waals surface area contributed by atoms with E-state index >= 15 is 0 Å². The number of piperazine rings is 1. The third kappa shape index (κ3) is 3.42. The monoisotopic (exact) mass is 451 g/mol. The van der Waals surface area contributed by atoms with Crippen LogP contribution in [0.1, 0.15) is 16.1 Å². The second kappa shape index (κ2) is 7.79. The molecule has 1 saturated heterocycles. The maximum absolute atomic E-state index is 13.2. The van der Waals surface area contributed by atoms with Crippen LogP contribution < -0.4 is 4.74 Å². The summed E-state index contributed by atoms with van der Waals surface area (Å²) in [4.78, 5) is 17.0. The first-order valence-corrected chi connectivity index (χ1v) is 11.6. The van der Waals surface area contributed by atoms with Crippen LogP contribution in [-0.2, 0) is 10.0 Å². The van der Waals surface area contributed by atoms with E-state index in [0.29, 0.717) is 43.3 Å². The van der Waals surface area contributed by atoms with Gasteiger partial charge in [0.15, 0.2) is 17.3 Å². The average molecular weight is 452 g/mol. The zero-order chi connectivity index (χ0) is 22.3. The van der Waals surface area contributed by atoms with Crippen LogP contribution in [0, 0.1) is 0 Å². The molecule has 164 valence electrons. The van der Waals surface area contributed by atoms with E-state index in [9.17, 15) is 13.2 Å². The zero-order valence-corrected chi connectivity index (χ0v) is 18.2. The SMILES string of the molecule is COc1cn(-c2ccccc2)nc1C(=O)N1CCN(C2=NS(=O)(=O)c3ccccc32)CC1. The van der Waals surface area contributed by atoms with Gasteiger partial charge in [0.1, 0.15) is 4.90 Å². The standard InChI is InChI=1S/C22H21N5O4S/c1-31-18-15-27(16-7-3-2-4-8-16)23-20(18)22(28)26-13-11-25(12-14-26)21-17-9-5-6-10-19(17)32(29,30)24-21/h2-10,15H,11-14H2,1H3. The summed E-state index contributed by atoms with van der Waals surface area (Å²) in [6.45, 7) is 1.77. The van der Waals surface area contributed by atoms with E-state index in [2.05, 4.69) is 9.50 Å². The largest absolute Gasteiger partial charge is 0.493 e. The van der Waals surface area contributed by atoms with Crippen LogP contribution in [-0.4, -0.2) is 73.0 Å². The van der Waals surface area contributed by atoms with E-state index in [4.69, 9.17) is 4.74 Å². The molecule has 0 atom stereocenters. The van der Waals surface area contributed by atoms with Crippen molar-refractivity contribution in [1.82, 2.24) is 19.6 Å². The summed E-state index contributed by atoms with van der Waals surface area (Å²) in [5.74, 6) is 0.623. The van der Waals surface area contributed by atoms with Gasteiger partial charge < -0.3 is 14.5 Å². The van der Waals surface area contributed by atoms with Gasteiger partial charge in [-0.3, -0.25) is 4.79 Å². The second-order valence-electron chi connectivity index (χ2n) is 7.49. The predicted octanol–water partition coefficient (Wildman–Crippen LogP) is 1.79. The number of amides is 1. The lowest BCUT2D eigenvalue weighted by atomic mass is 10.1. The number of rotatable bonds is 3. The summed E-state index contributed by atoms with van der Waals surface area (Å²) >= 11 is 0. The number of ether oxygens (including phenoxy) is 1. The summed E-state index contributed by atoms with van der Waals surface area (Å²) in [7, 11) is -2.16. The molecule has 3 heterocycles. The van der Waals surface area contributed by atoms with Crippen LogP contribution in [0.4, 0.5) is 0 Å². The molecule has 0 bridgehead atoms. The number of benzene rings is 2. The fourth-order valence-electron chi connectivity index (χ4n) is 3.96. The molecule has 0 N–H and O–H groups in total. The Morgan fingerprint density at radius 3 is 2.38 bits per heavy atom. The molecular formula is C22H21N5O4S. The van der Waals surface area contributed by atoms with E-state index in [1.807, 2.05) is 35.2 Å². The van der Waals surface area contributed by atoms with Gasteiger partial charge in [0.25, 0.3) is 15.9 Å². The number of hydrogen-bond acceptors (Lipinski definition) is 6. The van der Waals surface area contributed by atoms with Gasteiger partial charge in [-0.25, -0.2) is 4.68 Å². The van der Waals surface area contributed by atoms with Crippen molar-refractivity contribution in [3.63, 3.8) is 0 Å². The van der Waals surface area contributed by atoms with Gasteiger partial charge in [0.05, 0.1) is 19.0 Å². The van der Waals surface area contributed by atoms with E-state index in [-0.39, 0.29) is 16.5 Å². The normalized spacial score (nSPS) is 17.1. The molecule has 0 unspecified atom stereocenters. The van der Waals surface area contributed by atoms with Crippen molar-refractivity contribution >= 4 is 21.8 Å². The maximum atomic E-state index is 13.2. The summed E-state index contributed by atoms with van der Waals surface area (Å²) in [6.07, 6.45) is 1.69. The number of para-hydroxylation sites is 1. The molecule has 32 heavy (non-hydrogen) atoms. The second-order valence-corrected chi connectivity index (χ2v) is 9.06. The fraction of sp³-hybridized carbons (Fsp3) is 0.227. The van der Waals surface area contributed by atoms with Gasteiger partial charge in [-0.2, -0.15) is 13.5 Å². The Morgan fingerprint density at radius 1 is 0.969 bits per heavy atom. The molecular weight excluding hydrogens is 430 g/mol. The minimum absolute atomic E-state index is 0.224. The number of carbonyl (C=O) groups excluding carboxylic acids is 1. The molecule has 5 rings (SSSR count).